The van der Waals surface area contributed by atoms with E-state index < -0.39 is 17.4 Å². The Hall–Kier alpha value is -2.38. The zero-order valence-corrected chi connectivity index (χ0v) is 18.0. The van der Waals surface area contributed by atoms with Gasteiger partial charge in [-0.05, 0) is 68.7 Å². The van der Waals surface area contributed by atoms with Gasteiger partial charge in [0.15, 0.2) is 5.60 Å². The summed E-state index contributed by atoms with van der Waals surface area (Å²) < 4.78 is 39.3. The molecule has 0 bridgehead atoms. The Labute approximate surface area is 185 Å². The van der Waals surface area contributed by atoms with Crippen LogP contribution >= 0.6 is 0 Å². The normalized spacial score (nSPS) is 25.8. The smallest absolute Gasteiger partial charge is 0.385 e. The summed E-state index contributed by atoms with van der Waals surface area (Å²) in [6.45, 7) is 0.705. The first kappa shape index (κ1) is 22.8. The summed E-state index contributed by atoms with van der Waals surface area (Å²) in [5.41, 5.74) is -2.99. The highest BCUT2D eigenvalue weighted by Crippen LogP contribution is 2.42. The van der Waals surface area contributed by atoms with Crippen molar-refractivity contribution in [2.45, 2.75) is 74.9 Å². The summed E-state index contributed by atoms with van der Waals surface area (Å²) >= 11 is 0. The quantitative estimate of drug-likeness (QED) is 0.686. The molecule has 172 valence electrons. The van der Waals surface area contributed by atoms with E-state index in [-0.39, 0.29) is 23.6 Å². The molecule has 2 aliphatic carbocycles. The fourth-order valence-electron chi connectivity index (χ4n) is 4.63. The molecule has 2 aromatic rings. The molecule has 0 aromatic heterocycles. The molecular formula is C25H28F3NO3. The van der Waals surface area contributed by atoms with Crippen LogP contribution in [0.15, 0.2) is 54.6 Å². The highest BCUT2D eigenvalue weighted by Gasteiger charge is 2.51. The lowest BCUT2D eigenvalue weighted by molar-refractivity contribution is -0.258. The zero-order valence-electron chi connectivity index (χ0n) is 18.0. The van der Waals surface area contributed by atoms with E-state index >= 15 is 0 Å². The molecule has 0 saturated heterocycles. The molecule has 0 heterocycles. The van der Waals surface area contributed by atoms with Crippen molar-refractivity contribution >= 4 is 5.91 Å². The minimum atomic E-state index is -4.81. The number of carbonyl (C=O) groups is 1. The minimum absolute atomic E-state index is 0.0167. The van der Waals surface area contributed by atoms with Crippen molar-refractivity contribution in [2.75, 3.05) is 0 Å². The van der Waals surface area contributed by atoms with Crippen LogP contribution in [0.3, 0.4) is 0 Å². The maximum atomic E-state index is 13.3. The van der Waals surface area contributed by atoms with Gasteiger partial charge in [0.05, 0.1) is 5.60 Å². The monoisotopic (exact) mass is 447 g/mol. The van der Waals surface area contributed by atoms with Crippen LogP contribution in [0.5, 0.6) is 0 Å². The first-order valence-corrected chi connectivity index (χ1v) is 11.0. The second-order valence-corrected chi connectivity index (χ2v) is 9.22. The van der Waals surface area contributed by atoms with E-state index in [4.69, 9.17) is 0 Å². The number of alkyl halides is 3. The average molecular weight is 447 g/mol. The molecule has 4 nitrogen and oxygen atoms in total. The third-order valence-electron chi connectivity index (χ3n) is 6.91. The van der Waals surface area contributed by atoms with Gasteiger partial charge in [0, 0.05) is 17.6 Å². The Morgan fingerprint density at radius 2 is 1.47 bits per heavy atom. The number of amides is 1. The molecular weight excluding hydrogens is 419 g/mol. The number of hydrogen-bond donors (Lipinski definition) is 2. The highest BCUT2D eigenvalue weighted by atomic mass is 19.4. The van der Waals surface area contributed by atoms with E-state index in [0.717, 1.165) is 18.4 Å². The third kappa shape index (κ3) is 4.28. The van der Waals surface area contributed by atoms with Gasteiger partial charge in [0.2, 0.25) is 0 Å². The van der Waals surface area contributed by atoms with E-state index in [1.54, 1.807) is 0 Å². The Balaban J connectivity index is 1.49. The number of rotatable bonds is 5. The van der Waals surface area contributed by atoms with Gasteiger partial charge in [-0.25, -0.2) is 0 Å². The minimum Gasteiger partial charge on any atom is -0.385 e. The van der Waals surface area contributed by atoms with Crippen molar-refractivity contribution in [2.24, 2.45) is 0 Å². The Morgan fingerprint density at radius 3 is 1.97 bits per heavy atom. The summed E-state index contributed by atoms with van der Waals surface area (Å²) in [6.07, 6.45) is -0.575. The Bertz CT molecular complexity index is 945. The number of nitrogens with zero attached hydrogens (tertiary/aromatic N) is 1. The summed E-state index contributed by atoms with van der Waals surface area (Å²) in [5.74, 6) is -0.208. The van der Waals surface area contributed by atoms with Crippen molar-refractivity contribution in [1.29, 1.82) is 0 Å². The predicted molar refractivity (Wildman–Crippen MR) is 114 cm³/mol. The van der Waals surface area contributed by atoms with Crippen LogP contribution in [0.4, 0.5) is 13.2 Å². The van der Waals surface area contributed by atoms with Gasteiger partial charge >= 0.3 is 6.18 Å². The summed E-state index contributed by atoms with van der Waals surface area (Å²) in [7, 11) is 0. The van der Waals surface area contributed by atoms with Crippen molar-refractivity contribution < 1.29 is 28.2 Å². The first-order chi connectivity index (χ1) is 15.0. The molecule has 0 radical (unpaired) electrons. The molecule has 7 heteroatoms. The van der Waals surface area contributed by atoms with E-state index in [1.807, 2.05) is 35.2 Å². The number of hydrogen-bond acceptors (Lipinski definition) is 3. The van der Waals surface area contributed by atoms with Gasteiger partial charge in [0.25, 0.3) is 5.91 Å². The standard InChI is InChI=1S/C25H28F3NO3/c1-23(31,25(26,27)28)18-9-7-17(8-10-18)22(30)29(20-11-12-20)21-13-15-24(32,16-14-21)19-5-3-2-4-6-19/h2-10,20-21,31-32H,11-16H2,1H3/t21?,23-,24?/m0/s1. The summed E-state index contributed by atoms with van der Waals surface area (Å²) in [4.78, 5) is 15.2. The van der Waals surface area contributed by atoms with Gasteiger partial charge in [-0.1, -0.05) is 42.5 Å². The molecule has 0 unspecified atom stereocenters. The number of benzene rings is 2. The van der Waals surface area contributed by atoms with Crippen LogP contribution in [-0.2, 0) is 11.2 Å². The van der Waals surface area contributed by atoms with Crippen LogP contribution in [0.25, 0.3) is 0 Å². The molecule has 2 aliphatic rings. The summed E-state index contributed by atoms with van der Waals surface area (Å²) in [6, 6.07) is 14.7. The second-order valence-electron chi connectivity index (χ2n) is 9.22. The van der Waals surface area contributed by atoms with Crippen LogP contribution in [0.1, 0.15) is 66.9 Å². The lowest BCUT2D eigenvalue weighted by atomic mass is 9.77. The number of aliphatic hydroxyl groups is 2. The molecule has 2 fully saturated rings. The van der Waals surface area contributed by atoms with Gasteiger partial charge in [0.1, 0.15) is 0 Å². The van der Waals surface area contributed by atoms with Gasteiger partial charge in [-0.2, -0.15) is 13.2 Å². The molecule has 2 aromatic carbocycles. The fraction of sp³-hybridized carbons (Fsp3) is 0.480. The topological polar surface area (TPSA) is 60.8 Å². The molecule has 0 spiro atoms. The first-order valence-electron chi connectivity index (χ1n) is 11.0. The maximum Gasteiger partial charge on any atom is 0.421 e. The molecule has 1 atom stereocenters. The van der Waals surface area contributed by atoms with Gasteiger partial charge < -0.3 is 15.1 Å². The van der Waals surface area contributed by atoms with E-state index in [1.165, 1.54) is 24.3 Å². The van der Waals surface area contributed by atoms with E-state index in [9.17, 15) is 28.2 Å². The highest BCUT2D eigenvalue weighted by molar-refractivity contribution is 5.95. The molecule has 1 amide bonds. The van der Waals surface area contributed by atoms with Crippen LogP contribution in [-0.4, -0.2) is 39.3 Å². The number of halogens is 3. The van der Waals surface area contributed by atoms with Crippen LogP contribution < -0.4 is 0 Å². The van der Waals surface area contributed by atoms with Crippen molar-refractivity contribution in [1.82, 2.24) is 4.90 Å². The van der Waals surface area contributed by atoms with Crippen LogP contribution in [0, 0.1) is 0 Å². The third-order valence-corrected chi connectivity index (χ3v) is 6.91. The van der Waals surface area contributed by atoms with E-state index in [2.05, 4.69) is 0 Å². The Morgan fingerprint density at radius 1 is 0.938 bits per heavy atom. The lowest BCUT2D eigenvalue weighted by Crippen LogP contribution is -2.46. The molecule has 0 aliphatic heterocycles. The van der Waals surface area contributed by atoms with Gasteiger partial charge in [-0.15, -0.1) is 0 Å². The van der Waals surface area contributed by atoms with Crippen LogP contribution in [0.2, 0.25) is 0 Å². The molecule has 4 rings (SSSR count). The zero-order chi connectivity index (χ0) is 23.1. The molecule has 32 heavy (non-hydrogen) atoms. The average Bonchev–Trinajstić information content (AvgIpc) is 3.60. The van der Waals surface area contributed by atoms with E-state index in [0.29, 0.717) is 38.2 Å². The fourth-order valence-corrected chi connectivity index (χ4v) is 4.63. The molecule has 2 saturated carbocycles. The largest absolute Gasteiger partial charge is 0.421 e. The number of carbonyl (C=O) groups excluding carboxylic acids is 1. The van der Waals surface area contributed by atoms with Gasteiger partial charge in [-0.3, -0.25) is 4.79 Å². The van der Waals surface area contributed by atoms with Crippen molar-refractivity contribution in [3.63, 3.8) is 0 Å². The SMILES string of the molecule is C[C@](O)(c1ccc(C(=O)N(C2CC2)C2CCC(O)(c3ccccc3)CC2)cc1)C(F)(F)F. The lowest BCUT2D eigenvalue weighted by Gasteiger charge is -2.41. The maximum absolute atomic E-state index is 13.3. The summed E-state index contributed by atoms with van der Waals surface area (Å²) in [5, 5.41) is 21.0. The second kappa shape index (κ2) is 8.19. The van der Waals surface area contributed by atoms with Crippen molar-refractivity contribution in [3.05, 3.63) is 71.3 Å². The van der Waals surface area contributed by atoms with Crippen molar-refractivity contribution in [3.8, 4) is 0 Å². The predicted octanol–water partition coefficient (Wildman–Crippen LogP) is 4.89. The molecule has 2 N–H and O–H groups in total. The Kier molecular flexibility index (Phi) is 5.84.